The molecular formula is C14H26N2O4. The lowest BCUT2D eigenvalue weighted by Gasteiger charge is -2.27. The van der Waals surface area contributed by atoms with Crippen LogP contribution in [0.15, 0.2) is 0 Å². The van der Waals surface area contributed by atoms with Crippen LogP contribution >= 0.6 is 0 Å². The molecule has 1 saturated heterocycles. The van der Waals surface area contributed by atoms with Crippen LogP contribution in [0, 0.1) is 5.41 Å². The van der Waals surface area contributed by atoms with Gasteiger partial charge in [-0.05, 0) is 32.6 Å². The smallest absolute Gasteiger partial charge is 0.315 e. The number of aliphatic carboxylic acids is 1. The molecule has 0 saturated carbocycles. The Kier molecular flexibility index (Phi) is 6.26. The monoisotopic (exact) mass is 286 g/mol. The number of hydrogen-bond donors (Lipinski definition) is 3. The van der Waals surface area contributed by atoms with Crippen molar-refractivity contribution in [2.75, 3.05) is 13.2 Å². The second kappa shape index (κ2) is 7.47. The van der Waals surface area contributed by atoms with Crippen molar-refractivity contribution in [1.82, 2.24) is 10.6 Å². The molecule has 0 aromatic rings. The lowest BCUT2D eigenvalue weighted by atomic mass is 9.82. The van der Waals surface area contributed by atoms with Crippen molar-refractivity contribution in [2.45, 2.75) is 58.6 Å². The number of urea groups is 1. The summed E-state index contributed by atoms with van der Waals surface area (Å²) in [4.78, 5) is 23.2. The molecule has 0 aromatic heterocycles. The third-order valence-electron chi connectivity index (χ3n) is 4.28. The summed E-state index contributed by atoms with van der Waals surface area (Å²) in [5.41, 5.74) is -0.884. The summed E-state index contributed by atoms with van der Waals surface area (Å²) in [5.74, 6) is -0.866. The highest BCUT2D eigenvalue weighted by atomic mass is 16.5. The molecule has 0 spiro atoms. The van der Waals surface area contributed by atoms with E-state index in [1.807, 2.05) is 20.8 Å². The van der Waals surface area contributed by atoms with Gasteiger partial charge in [0.2, 0.25) is 0 Å². The van der Waals surface area contributed by atoms with E-state index in [0.717, 1.165) is 19.4 Å². The number of ether oxygens (including phenoxy) is 1. The van der Waals surface area contributed by atoms with E-state index < -0.39 is 11.4 Å². The molecule has 1 aliphatic rings. The van der Waals surface area contributed by atoms with Gasteiger partial charge in [-0.2, -0.15) is 0 Å². The van der Waals surface area contributed by atoms with Gasteiger partial charge in [-0.3, -0.25) is 4.79 Å². The molecule has 20 heavy (non-hydrogen) atoms. The van der Waals surface area contributed by atoms with Crippen molar-refractivity contribution in [3.8, 4) is 0 Å². The van der Waals surface area contributed by atoms with Crippen LogP contribution in [0.1, 0.15) is 46.5 Å². The molecule has 2 unspecified atom stereocenters. The number of rotatable bonds is 7. The Labute approximate surface area is 120 Å². The van der Waals surface area contributed by atoms with Gasteiger partial charge in [0.25, 0.3) is 0 Å². The molecule has 0 radical (unpaired) electrons. The van der Waals surface area contributed by atoms with E-state index in [4.69, 9.17) is 4.74 Å². The van der Waals surface area contributed by atoms with Crippen LogP contribution in [0.25, 0.3) is 0 Å². The van der Waals surface area contributed by atoms with E-state index in [2.05, 4.69) is 10.6 Å². The van der Waals surface area contributed by atoms with Gasteiger partial charge in [0.1, 0.15) is 0 Å². The summed E-state index contributed by atoms with van der Waals surface area (Å²) in [6.45, 7) is 6.43. The van der Waals surface area contributed by atoms with Crippen LogP contribution < -0.4 is 10.6 Å². The van der Waals surface area contributed by atoms with Crippen LogP contribution in [0.3, 0.4) is 0 Å². The maximum atomic E-state index is 11.8. The minimum atomic E-state index is -0.884. The third-order valence-corrected chi connectivity index (χ3v) is 4.28. The first-order valence-corrected chi connectivity index (χ1v) is 7.34. The summed E-state index contributed by atoms with van der Waals surface area (Å²) in [7, 11) is 0. The molecule has 1 rings (SSSR count). The van der Waals surface area contributed by atoms with E-state index in [-0.39, 0.29) is 24.7 Å². The summed E-state index contributed by atoms with van der Waals surface area (Å²) in [6, 6.07) is -0.402. The molecule has 1 aliphatic heterocycles. The van der Waals surface area contributed by atoms with Gasteiger partial charge in [-0.15, -0.1) is 0 Å². The maximum Gasteiger partial charge on any atom is 0.315 e. The predicted molar refractivity (Wildman–Crippen MR) is 75.6 cm³/mol. The third kappa shape index (κ3) is 4.10. The molecule has 2 amide bonds. The van der Waals surface area contributed by atoms with Crippen LogP contribution in [0.2, 0.25) is 0 Å². The average Bonchev–Trinajstić information content (AvgIpc) is 2.94. The first-order chi connectivity index (χ1) is 9.45. The SMILES string of the molecule is CCC(CC)(CNC(=O)NC(C)C1CCCO1)C(=O)O. The molecule has 6 heteroatoms. The normalized spacial score (nSPS) is 20.4. The Bertz CT molecular complexity index is 336. The number of carbonyl (C=O) groups is 2. The Morgan fingerprint density at radius 2 is 2.05 bits per heavy atom. The number of carboxylic acids is 1. The quantitative estimate of drug-likeness (QED) is 0.665. The number of amides is 2. The van der Waals surface area contributed by atoms with Crippen molar-refractivity contribution in [2.24, 2.45) is 5.41 Å². The van der Waals surface area contributed by atoms with E-state index in [1.165, 1.54) is 0 Å². The predicted octanol–water partition coefficient (Wildman–Crippen LogP) is 1.74. The zero-order valence-corrected chi connectivity index (χ0v) is 12.6. The first kappa shape index (κ1) is 16.8. The fourth-order valence-corrected chi connectivity index (χ4v) is 2.48. The number of carboxylic acid groups (broad SMARTS) is 1. The molecule has 0 bridgehead atoms. The molecule has 1 heterocycles. The molecule has 3 N–H and O–H groups in total. The van der Waals surface area contributed by atoms with Crippen LogP contribution in [-0.2, 0) is 9.53 Å². The average molecular weight is 286 g/mol. The van der Waals surface area contributed by atoms with Crippen LogP contribution in [0.4, 0.5) is 4.79 Å². The van der Waals surface area contributed by atoms with Crippen molar-refractivity contribution in [1.29, 1.82) is 0 Å². The van der Waals surface area contributed by atoms with Gasteiger partial charge in [-0.25, -0.2) is 4.79 Å². The standard InChI is InChI=1S/C14H26N2O4/c1-4-14(5-2,12(17)18)9-15-13(19)16-10(3)11-7-6-8-20-11/h10-11H,4-9H2,1-3H3,(H,17,18)(H2,15,16,19). The van der Waals surface area contributed by atoms with E-state index >= 15 is 0 Å². The highest BCUT2D eigenvalue weighted by molar-refractivity contribution is 5.78. The number of nitrogens with one attached hydrogen (secondary N) is 2. The van der Waals surface area contributed by atoms with Crippen molar-refractivity contribution in [3.05, 3.63) is 0 Å². The highest BCUT2D eigenvalue weighted by Gasteiger charge is 2.35. The minimum Gasteiger partial charge on any atom is -0.481 e. The van der Waals surface area contributed by atoms with E-state index in [0.29, 0.717) is 12.8 Å². The molecule has 6 nitrogen and oxygen atoms in total. The Balaban J connectivity index is 2.43. The Morgan fingerprint density at radius 1 is 1.40 bits per heavy atom. The summed E-state index contributed by atoms with van der Waals surface area (Å²) in [5, 5.41) is 14.8. The van der Waals surface area contributed by atoms with Gasteiger partial charge in [-0.1, -0.05) is 13.8 Å². The van der Waals surface area contributed by atoms with Gasteiger partial charge in [0.05, 0.1) is 17.6 Å². The van der Waals surface area contributed by atoms with Gasteiger partial charge < -0.3 is 20.5 Å². The van der Waals surface area contributed by atoms with E-state index in [1.54, 1.807) is 0 Å². The highest BCUT2D eigenvalue weighted by Crippen LogP contribution is 2.25. The zero-order chi connectivity index (χ0) is 15.2. The molecule has 116 valence electrons. The maximum absolute atomic E-state index is 11.8. The molecule has 0 aromatic carbocycles. The van der Waals surface area contributed by atoms with E-state index in [9.17, 15) is 14.7 Å². The van der Waals surface area contributed by atoms with Crippen molar-refractivity contribution < 1.29 is 19.4 Å². The minimum absolute atomic E-state index is 0.0577. The number of carbonyl (C=O) groups excluding carboxylic acids is 1. The Morgan fingerprint density at radius 3 is 2.50 bits per heavy atom. The first-order valence-electron chi connectivity index (χ1n) is 7.34. The van der Waals surface area contributed by atoms with Gasteiger partial charge in [0, 0.05) is 13.2 Å². The number of hydrogen-bond acceptors (Lipinski definition) is 3. The van der Waals surface area contributed by atoms with Crippen molar-refractivity contribution in [3.63, 3.8) is 0 Å². The molecule has 1 fully saturated rings. The van der Waals surface area contributed by atoms with Gasteiger partial charge in [0.15, 0.2) is 0 Å². The molecule has 2 atom stereocenters. The van der Waals surface area contributed by atoms with Crippen LogP contribution in [-0.4, -0.2) is 42.4 Å². The second-order valence-corrected chi connectivity index (χ2v) is 5.46. The zero-order valence-electron chi connectivity index (χ0n) is 12.6. The molecule has 0 aliphatic carbocycles. The second-order valence-electron chi connectivity index (χ2n) is 5.46. The fraction of sp³-hybridized carbons (Fsp3) is 0.857. The largest absolute Gasteiger partial charge is 0.481 e. The summed E-state index contributed by atoms with van der Waals surface area (Å²) >= 11 is 0. The fourth-order valence-electron chi connectivity index (χ4n) is 2.48. The lowest BCUT2D eigenvalue weighted by molar-refractivity contribution is -0.149. The summed E-state index contributed by atoms with van der Waals surface area (Å²) in [6.07, 6.45) is 3.00. The topological polar surface area (TPSA) is 87.7 Å². The van der Waals surface area contributed by atoms with Crippen molar-refractivity contribution >= 4 is 12.0 Å². The van der Waals surface area contributed by atoms with Crippen LogP contribution in [0.5, 0.6) is 0 Å². The Hall–Kier alpha value is -1.30. The van der Waals surface area contributed by atoms with Gasteiger partial charge >= 0.3 is 12.0 Å². The summed E-state index contributed by atoms with van der Waals surface area (Å²) < 4.78 is 5.50. The lowest BCUT2D eigenvalue weighted by Crippen LogP contribution is -2.50. The molecular weight excluding hydrogens is 260 g/mol.